The molecule has 2 atom stereocenters. The van der Waals surface area contributed by atoms with E-state index < -0.39 is 23.7 Å². The maximum atomic E-state index is 12.8. The molecule has 0 saturated carbocycles. The van der Waals surface area contributed by atoms with Crippen molar-refractivity contribution in [2.45, 2.75) is 18.6 Å². The van der Waals surface area contributed by atoms with Crippen LogP contribution in [0.1, 0.15) is 23.6 Å². The highest BCUT2D eigenvalue weighted by Crippen LogP contribution is 2.39. The number of hydrogen-bond donors (Lipinski definition) is 1. The molecule has 25 heavy (non-hydrogen) atoms. The summed E-state index contributed by atoms with van der Waals surface area (Å²) in [6.07, 6.45) is -4.32. The van der Waals surface area contributed by atoms with Crippen molar-refractivity contribution in [1.82, 2.24) is 15.1 Å². The predicted octanol–water partition coefficient (Wildman–Crippen LogP) is 1.66. The fourth-order valence-electron chi connectivity index (χ4n) is 3.54. The molecule has 8 heteroatoms. The molecular weight excluding hydrogens is 335 g/mol. The number of piperazine rings is 1. The molecule has 0 aliphatic carbocycles. The Hall–Kier alpha value is -2.09. The van der Waals surface area contributed by atoms with Crippen LogP contribution in [0.4, 0.5) is 13.2 Å². The zero-order valence-electron chi connectivity index (χ0n) is 13.8. The van der Waals surface area contributed by atoms with Crippen LogP contribution in [0.2, 0.25) is 0 Å². The van der Waals surface area contributed by atoms with E-state index in [2.05, 4.69) is 5.32 Å². The Morgan fingerprint density at radius 3 is 2.32 bits per heavy atom. The average Bonchev–Trinajstić information content (AvgIpc) is 2.89. The van der Waals surface area contributed by atoms with Crippen molar-refractivity contribution in [1.29, 1.82) is 0 Å². The number of amides is 2. The van der Waals surface area contributed by atoms with Gasteiger partial charge in [0, 0.05) is 39.6 Å². The number of benzene rings is 1. The van der Waals surface area contributed by atoms with Crippen LogP contribution >= 0.6 is 0 Å². The third-order valence-electron chi connectivity index (χ3n) is 4.91. The van der Waals surface area contributed by atoms with Gasteiger partial charge in [-0.15, -0.1) is 0 Å². The first-order valence-corrected chi connectivity index (χ1v) is 8.21. The number of likely N-dealkylation sites (tertiary alicyclic amines) is 1. The zero-order chi connectivity index (χ0) is 18.2. The Morgan fingerprint density at radius 2 is 1.76 bits per heavy atom. The number of nitrogens with one attached hydrogen (secondary N) is 1. The van der Waals surface area contributed by atoms with Crippen molar-refractivity contribution >= 4 is 11.8 Å². The number of rotatable bonds is 2. The molecular formula is C17H20F3N3O2. The van der Waals surface area contributed by atoms with E-state index in [0.29, 0.717) is 31.7 Å². The van der Waals surface area contributed by atoms with Gasteiger partial charge in [-0.25, -0.2) is 0 Å². The molecule has 0 aromatic heterocycles. The van der Waals surface area contributed by atoms with Crippen molar-refractivity contribution in [2.24, 2.45) is 5.92 Å². The maximum Gasteiger partial charge on any atom is 0.416 e. The summed E-state index contributed by atoms with van der Waals surface area (Å²) >= 11 is 0. The lowest BCUT2D eigenvalue weighted by molar-refractivity contribution is -0.138. The van der Waals surface area contributed by atoms with Crippen molar-refractivity contribution in [3.63, 3.8) is 0 Å². The number of alkyl halides is 3. The van der Waals surface area contributed by atoms with E-state index in [4.69, 9.17) is 0 Å². The highest BCUT2D eigenvalue weighted by molar-refractivity contribution is 5.90. The average molecular weight is 355 g/mol. The SMILES string of the molecule is CN1C(=O)CC(C(=O)N2CCNCC2)C1c1ccc(C(F)(F)F)cc1. The Morgan fingerprint density at radius 1 is 1.16 bits per heavy atom. The van der Waals surface area contributed by atoms with E-state index in [0.717, 1.165) is 12.1 Å². The van der Waals surface area contributed by atoms with Crippen molar-refractivity contribution in [3.8, 4) is 0 Å². The second-order valence-corrected chi connectivity index (χ2v) is 6.46. The molecule has 2 unspecified atom stereocenters. The Balaban J connectivity index is 1.86. The van der Waals surface area contributed by atoms with Gasteiger partial charge < -0.3 is 15.1 Å². The minimum absolute atomic E-state index is 0.0882. The van der Waals surface area contributed by atoms with Crippen molar-refractivity contribution in [3.05, 3.63) is 35.4 Å². The van der Waals surface area contributed by atoms with Crippen LogP contribution in [0.3, 0.4) is 0 Å². The lowest BCUT2D eigenvalue weighted by Gasteiger charge is -2.32. The van der Waals surface area contributed by atoms with Gasteiger partial charge in [-0.3, -0.25) is 9.59 Å². The van der Waals surface area contributed by atoms with Crippen LogP contribution in [-0.2, 0) is 15.8 Å². The largest absolute Gasteiger partial charge is 0.416 e. The Labute approximate surface area is 143 Å². The van der Waals surface area contributed by atoms with Gasteiger partial charge in [0.05, 0.1) is 17.5 Å². The minimum Gasteiger partial charge on any atom is -0.340 e. The molecule has 2 saturated heterocycles. The van der Waals surface area contributed by atoms with E-state index in [1.54, 1.807) is 11.9 Å². The summed E-state index contributed by atoms with van der Waals surface area (Å²) in [5.74, 6) is -0.838. The van der Waals surface area contributed by atoms with Gasteiger partial charge in [-0.05, 0) is 17.7 Å². The summed E-state index contributed by atoms with van der Waals surface area (Å²) in [5, 5.41) is 3.16. The van der Waals surface area contributed by atoms with Gasteiger partial charge in [0.15, 0.2) is 0 Å². The standard InChI is InChI=1S/C17H20F3N3O2/c1-22-14(24)10-13(16(25)23-8-6-21-7-9-23)15(22)11-2-4-12(5-3-11)17(18,19)20/h2-5,13,15,21H,6-10H2,1H3. The first-order chi connectivity index (χ1) is 11.8. The monoisotopic (exact) mass is 355 g/mol. The van der Waals surface area contributed by atoms with Gasteiger partial charge in [0.1, 0.15) is 0 Å². The lowest BCUT2D eigenvalue weighted by atomic mass is 9.91. The van der Waals surface area contributed by atoms with Crippen molar-refractivity contribution < 1.29 is 22.8 Å². The molecule has 0 spiro atoms. The summed E-state index contributed by atoms with van der Waals surface area (Å²) in [6, 6.07) is 4.19. The maximum absolute atomic E-state index is 12.8. The molecule has 0 bridgehead atoms. The van der Waals surface area contributed by atoms with Crippen LogP contribution in [0, 0.1) is 5.92 Å². The molecule has 1 aromatic rings. The topological polar surface area (TPSA) is 52.7 Å². The molecule has 2 heterocycles. The Bertz CT molecular complexity index is 654. The van der Waals surface area contributed by atoms with Crippen LogP contribution in [0.15, 0.2) is 24.3 Å². The molecule has 136 valence electrons. The number of nitrogens with zero attached hydrogens (tertiary/aromatic N) is 2. The molecule has 1 N–H and O–H groups in total. The van der Waals surface area contributed by atoms with E-state index in [1.807, 2.05) is 0 Å². The smallest absolute Gasteiger partial charge is 0.340 e. The van der Waals surface area contributed by atoms with Crippen LogP contribution in [0.25, 0.3) is 0 Å². The first-order valence-electron chi connectivity index (χ1n) is 8.21. The van der Waals surface area contributed by atoms with Gasteiger partial charge in [-0.1, -0.05) is 12.1 Å². The van der Waals surface area contributed by atoms with E-state index in [9.17, 15) is 22.8 Å². The second kappa shape index (κ2) is 6.67. The summed E-state index contributed by atoms with van der Waals surface area (Å²) in [4.78, 5) is 28.2. The van der Waals surface area contributed by atoms with Gasteiger partial charge in [-0.2, -0.15) is 13.2 Å². The molecule has 2 aliphatic heterocycles. The first kappa shape index (κ1) is 17.7. The predicted molar refractivity (Wildman–Crippen MR) is 84.5 cm³/mol. The normalized spacial score (nSPS) is 24.7. The summed E-state index contributed by atoms with van der Waals surface area (Å²) in [5.41, 5.74) is -0.192. The lowest BCUT2D eigenvalue weighted by Crippen LogP contribution is -2.49. The van der Waals surface area contributed by atoms with E-state index in [1.165, 1.54) is 17.0 Å². The molecule has 3 rings (SSSR count). The van der Waals surface area contributed by atoms with Crippen LogP contribution < -0.4 is 5.32 Å². The van der Waals surface area contributed by atoms with Gasteiger partial charge >= 0.3 is 6.18 Å². The van der Waals surface area contributed by atoms with Gasteiger partial charge in [0.25, 0.3) is 0 Å². The van der Waals surface area contributed by atoms with Crippen molar-refractivity contribution in [2.75, 3.05) is 33.2 Å². The minimum atomic E-state index is -4.41. The highest BCUT2D eigenvalue weighted by atomic mass is 19.4. The summed E-state index contributed by atoms with van der Waals surface area (Å²) in [7, 11) is 1.59. The van der Waals surface area contributed by atoms with E-state index in [-0.39, 0.29) is 18.2 Å². The zero-order valence-corrected chi connectivity index (χ0v) is 13.8. The van der Waals surface area contributed by atoms with Crippen LogP contribution in [-0.4, -0.2) is 54.8 Å². The number of carbonyl (C=O) groups is 2. The molecule has 5 nitrogen and oxygen atoms in total. The molecule has 2 aliphatic rings. The number of carbonyl (C=O) groups excluding carboxylic acids is 2. The third kappa shape index (κ3) is 3.49. The fraction of sp³-hybridized carbons (Fsp3) is 0.529. The van der Waals surface area contributed by atoms with Gasteiger partial charge in [0.2, 0.25) is 11.8 Å². The molecule has 2 fully saturated rings. The fourth-order valence-corrected chi connectivity index (χ4v) is 3.54. The second-order valence-electron chi connectivity index (χ2n) is 6.46. The highest BCUT2D eigenvalue weighted by Gasteiger charge is 2.44. The summed E-state index contributed by atoms with van der Waals surface area (Å²) < 4.78 is 38.3. The molecule has 2 amide bonds. The third-order valence-corrected chi connectivity index (χ3v) is 4.91. The number of halogens is 3. The Kier molecular flexibility index (Phi) is 4.73. The molecule has 1 aromatic carbocycles. The number of hydrogen-bond acceptors (Lipinski definition) is 3. The molecule has 0 radical (unpaired) electrons. The quantitative estimate of drug-likeness (QED) is 0.878. The summed E-state index contributed by atoms with van der Waals surface area (Å²) in [6.45, 7) is 2.56. The van der Waals surface area contributed by atoms with E-state index >= 15 is 0 Å². The van der Waals surface area contributed by atoms with Crippen LogP contribution in [0.5, 0.6) is 0 Å².